The van der Waals surface area contributed by atoms with E-state index >= 15 is 0 Å². The number of hydrogen-bond acceptors (Lipinski definition) is 9. The minimum absolute atomic E-state index is 0.0973. The van der Waals surface area contributed by atoms with E-state index in [4.69, 9.17) is 25.8 Å². The van der Waals surface area contributed by atoms with Crippen molar-refractivity contribution in [3.63, 3.8) is 0 Å². The Morgan fingerprint density at radius 1 is 1.06 bits per heavy atom. The number of benzene rings is 1. The van der Waals surface area contributed by atoms with E-state index in [0.29, 0.717) is 29.7 Å². The third kappa shape index (κ3) is 9.73. The van der Waals surface area contributed by atoms with Gasteiger partial charge in [-0.1, -0.05) is 42.0 Å². The summed E-state index contributed by atoms with van der Waals surface area (Å²) >= 11 is 6.78. The van der Waals surface area contributed by atoms with Crippen molar-refractivity contribution >= 4 is 17.6 Å². The van der Waals surface area contributed by atoms with Gasteiger partial charge in [0.25, 0.3) is 0 Å². The molecule has 12 heteroatoms. The number of unbranched alkanes of at least 4 members (excludes halogenated alkanes) is 1. The van der Waals surface area contributed by atoms with Crippen LogP contribution in [-0.4, -0.2) is 94.4 Å². The van der Waals surface area contributed by atoms with Crippen LogP contribution in [0.5, 0.6) is 5.75 Å². The van der Waals surface area contributed by atoms with Crippen molar-refractivity contribution in [1.82, 2.24) is 15.6 Å². The Kier molecular flexibility index (Phi) is 13.1. The van der Waals surface area contributed by atoms with Gasteiger partial charge >= 0.3 is 6.03 Å². The number of allylic oxidation sites excluding steroid dienone is 3. The number of aliphatic hydroxyl groups is 4. The van der Waals surface area contributed by atoms with E-state index in [0.717, 1.165) is 72.1 Å². The first-order valence-corrected chi connectivity index (χ1v) is 17.8. The smallest absolute Gasteiger partial charge is 0.314 e. The molecule has 1 aromatic carbocycles. The van der Waals surface area contributed by atoms with E-state index in [1.807, 2.05) is 50.4 Å². The van der Waals surface area contributed by atoms with Gasteiger partial charge in [-0.05, 0) is 93.7 Å². The highest BCUT2D eigenvalue weighted by atomic mass is 35.5. The minimum Gasteiger partial charge on any atom is -0.490 e. The Morgan fingerprint density at radius 3 is 2.50 bits per heavy atom. The van der Waals surface area contributed by atoms with Crippen molar-refractivity contribution < 1.29 is 39.4 Å². The predicted octanol–water partition coefficient (Wildman–Crippen LogP) is 4.62. The first-order valence-electron chi connectivity index (χ1n) is 17.4. The molecule has 0 bridgehead atoms. The molecular weight excluding hydrogens is 662 g/mol. The number of pyridine rings is 1. The van der Waals surface area contributed by atoms with Gasteiger partial charge in [0.05, 0.1) is 24.9 Å². The normalized spacial score (nSPS) is 24.3. The molecule has 1 aromatic heterocycles. The van der Waals surface area contributed by atoms with Crippen LogP contribution >= 0.6 is 11.6 Å². The average Bonchev–Trinajstić information content (AvgIpc) is 4.06. The average molecular weight is 712 g/mol. The lowest BCUT2D eigenvalue weighted by molar-refractivity contribution is -0.227. The Morgan fingerprint density at radius 2 is 1.80 bits per heavy atom. The fourth-order valence-corrected chi connectivity index (χ4v) is 6.20. The van der Waals surface area contributed by atoms with Gasteiger partial charge in [-0.25, -0.2) is 4.79 Å². The monoisotopic (exact) mass is 711 g/mol. The van der Waals surface area contributed by atoms with Crippen LogP contribution < -0.4 is 15.4 Å². The highest BCUT2D eigenvalue weighted by molar-refractivity contribution is 6.32. The summed E-state index contributed by atoms with van der Waals surface area (Å²) in [5, 5.41) is 45.2. The molecule has 6 N–H and O–H groups in total. The Labute approximate surface area is 299 Å². The summed E-state index contributed by atoms with van der Waals surface area (Å²) in [6.07, 6.45) is 5.84. The fourth-order valence-electron chi connectivity index (χ4n) is 6.02. The van der Waals surface area contributed by atoms with Gasteiger partial charge in [-0.2, -0.15) is 0 Å². The molecule has 0 radical (unpaired) electrons. The van der Waals surface area contributed by atoms with Gasteiger partial charge in [0.15, 0.2) is 0 Å². The van der Waals surface area contributed by atoms with Crippen molar-refractivity contribution in [3.8, 4) is 16.9 Å². The molecule has 2 aromatic rings. The molecule has 272 valence electrons. The van der Waals surface area contributed by atoms with Crippen LogP contribution in [0.25, 0.3) is 11.1 Å². The third-order valence-corrected chi connectivity index (χ3v) is 9.80. The maximum atomic E-state index is 12.3. The summed E-state index contributed by atoms with van der Waals surface area (Å²) in [5.74, 6) is 0.883. The first kappa shape index (κ1) is 38.0. The van der Waals surface area contributed by atoms with Gasteiger partial charge < -0.3 is 45.3 Å². The number of aromatic nitrogens is 1. The summed E-state index contributed by atoms with van der Waals surface area (Å²) < 4.78 is 18.2. The topological polar surface area (TPSA) is 163 Å². The van der Waals surface area contributed by atoms with Crippen LogP contribution in [0.2, 0.25) is 0 Å². The van der Waals surface area contributed by atoms with Gasteiger partial charge in [0, 0.05) is 41.6 Å². The molecule has 2 heterocycles. The van der Waals surface area contributed by atoms with Crippen molar-refractivity contribution in [2.24, 2.45) is 0 Å². The van der Waals surface area contributed by atoms with Crippen LogP contribution in [0.3, 0.4) is 0 Å². The summed E-state index contributed by atoms with van der Waals surface area (Å²) in [6.45, 7) is 8.38. The number of para-hydroxylation sites is 1. The quantitative estimate of drug-likeness (QED) is 0.102. The Balaban J connectivity index is 1.08. The number of nitrogens with one attached hydrogen (secondary N) is 2. The lowest BCUT2D eigenvalue weighted by Gasteiger charge is -2.40. The molecule has 11 nitrogen and oxygen atoms in total. The SMILES string of the molecule is C=C(COC1(c2cnccc2-c2ccccc2OC2CC2)CC1)/C(Cl)=C\C(CCCCNC(=O)NC[C@@H]1O[C@H](CO)[C@@H](O)[C@H](O)[C@H]1O)=C(C)C. The largest absolute Gasteiger partial charge is 0.490 e. The van der Waals surface area contributed by atoms with Gasteiger partial charge in [-0.3, -0.25) is 4.98 Å². The number of rotatable bonds is 17. The van der Waals surface area contributed by atoms with E-state index in [2.05, 4.69) is 28.3 Å². The third-order valence-electron chi connectivity index (χ3n) is 9.43. The van der Waals surface area contributed by atoms with Crippen LogP contribution in [0.1, 0.15) is 64.4 Å². The lowest BCUT2D eigenvalue weighted by Crippen LogP contribution is -2.61. The molecule has 2 aliphatic carbocycles. The van der Waals surface area contributed by atoms with Crippen molar-refractivity contribution in [3.05, 3.63) is 82.7 Å². The van der Waals surface area contributed by atoms with Gasteiger partial charge in [0.2, 0.25) is 0 Å². The Hall–Kier alpha value is -3.29. The fraction of sp³-hybridized carbons (Fsp3) is 0.526. The molecule has 1 saturated heterocycles. The van der Waals surface area contributed by atoms with E-state index in [1.165, 1.54) is 0 Å². The zero-order chi connectivity index (χ0) is 35.8. The van der Waals surface area contributed by atoms with Gasteiger partial charge in [0.1, 0.15) is 36.3 Å². The second kappa shape index (κ2) is 17.3. The molecule has 2 amide bonds. The first-order chi connectivity index (χ1) is 24.0. The maximum Gasteiger partial charge on any atom is 0.314 e. The molecule has 1 aliphatic heterocycles. The zero-order valence-electron chi connectivity index (χ0n) is 28.8. The van der Waals surface area contributed by atoms with E-state index < -0.39 is 48.8 Å². The number of urea groups is 1. The molecule has 50 heavy (non-hydrogen) atoms. The standard InChI is InChI=1S/C38H50ClN3O8/c1-23(2)25(8-6-7-16-41-37(47)42-20-32-34(44)36(46)35(45)33(21-43)50-32)18-30(39)24(3)22-48-38(14-15-38)29-19-40-17-13-27(29)28-9-4-5-10-31(28)49-26-11-12-26/h4-5,9-10,13,17-19,26,32-36,43-46H,3,6-8,11-12,14-16,20-22H2,1-2H3,(H2,41,42,47)/b30-18+/t32-,33+,34-,35+,36+/m0/s1. The summed E-state index contributed by atoms with van der Waals surface area (Å²) in [7, 11) is 0. The summed E-state index contributed by atoms with van der Waals surface area (Å²) in [5.41, 5.74) is 5.61. The molecular formula is C38H50ClN3O8. The second-order valence-corrected chi connectivity index (χ2v) is 14.0. The number of hydrogen-bond donors (Lipinski definition) is 6. The predicted molar refractivity (Wildman–Crippen MR) is 191 cm³/mol. The number of aliphatic hydroxyl groups excluding tert-OH is 4. The number of nitrogens with zero attached hydrogens (tertiary/aromatic N) is 1. The molecule has 2 saturated carbocycles. The number of halogens is 1. The number of carbonyl (C=O) groups is 1. The number of carbonyl (C=O) groups excluding carboxylic acids is 1. The van der Waals surface area contributed by atoms with Crippen molar-refractivity contribution in [2.75, 3.05) is 26.3 Å². The number of ether oxygens (including phenoxy) is 3. The zero-order valence-corrected chi connectivity index (χ0v) is 29.6. The minimum atomic E-state index is -1.48. The van der Waals surface area contributed by atoms with Crippen LogP contribution in [0, 0.1) is 0 Å². The molecule has 0 unspecified atom stereocenters. The molecule has 3 fully saturated rings. The van der Waals surface area contributed by atoms with E-state index in [9.17, 15) is 25.2 Å². The summed E-state index contributed by atoms with van der Waals surface area (Å²) in [4.78, 5) is 16.7. The molecule has 5 atom stereocenters. The molecule has 5 rings (SSSR count). The molecule has 3 aliphatic rings. The van der Waals surface area contributed by atoms with E-state index in [-0.39, 0.29) is 13.2 Å². The molecule has 0 spiro atoms. The van der Waals surface area contributed by atoms with Gasteiger partial charge in [-0.15, -0.1) is 0 Å². The summed E-state index contributed by atoms with van der Waals surface area (Å²) in [6, 6.07) is 9.72. The van der Waals surface area contributed by atoms with E-state index in [1.54, 1.807) is 6.20 Å². The highest BCUT2D eigenvalue weighted by Gasteiger charge is 2.48. The van der Waals surface area contributed by atoms with Crippen molar-refractivity contribution in [1.29, 1.82) is 0 Å². The van der Waals surface area contributed by atoms with Crippen molar-refractivity contribution in [2.45, 2.75) is 101 Å². The van der Waals surface area contributed by atoms with Crippen LogP contribution in [0.15, 0.2) is 77.1 Å². The number of amides is 2. The van der Waals surface area contributed by atoms with Crippen LogP contribution in [-0.2, 0) is 15.1 Å². The highest BCUT2D eigenvalue weighted by Crippen LogP contribution is 2.53. The second-order valence-electron chi connectivity index (χ2n) is 13.6. The maximum absolute atomic E-state index is 12.3. The lowest BCUT2D eigenvalue weighted by atomic mass is 9.95. The Bertz CT molecular complexity index is 1550. The van der Waals surface area contributed by atoms with Crippen LogP contribution in [0.4, 0.5) is 4.79 Å².